The quantitative estimate of drug-likeness (QED) is 0.119. The van der Waals surface area contributed by atoms with Gasteiger partial charge in [-0.05, 0) is 55.2 Å². The second-order valence-electron chi connectivity index (χ2n) is 16.9. The lowest BCUT2D eigenvalue weighted by Crippen LogP contribution is -3.11. The van der Waals surface area contributed by atoms with Gasteiger partial charge in [-0.25, -0.2) is 55.9 Å². The number of benzene rings is 6. The van der Waals surface area contributed by atoms with Crippen molar-refractivity contribution in [3.63, 3.8) is 0 Å². The van der Waals surface area contributed by atoms with Crippen molar-refractivity contribution in [2.45, 2.75) is 13.1 Å². The fourth-order valence-electron chi connectivity index (χ4n) is 8.31. The van der Waals surface area contributed by atoms with Crippen molar-refractivity contribution < 1.29 is 130 Å². The lowest BCUT2D eigenvalue weighted by molar-refractivity contribution is -2.00. The fourth-order valence-corrected chi connectivity index (χ4v) is 8.31. The maximum Gasteiger partial charge on any atom is 0.104 e. The van der Waals surface area contributed by atoms with E-state index in [1.807, 2.05) is 0 Å². The summed E-state index contributed by atoms with van der Waals surface area (Å²) in [6.07, 6.45) is 0. The molecule has 2 aliphatic rings. The van der Waals surface area contributed by atoms with Gasteiger partial charge in [0.25, 0.3) is 0 Å². The van der Waals surface area contributed by atoms with Gasteiger partial charge < -0.3 is 48.9 Å². The molecule has 75 heavy (non-hydrogen) atoms. The van der Waals surface area contributed by atoms with Crippen LogP contribution in [0.4, 0.5) is 0 Å². The zero-order valence-electron chi connectivity index (χ0n) is 41.5. The SMILES string of the molecule is [O-][Cl+3]([O-])([O-])[O-].[O-][Cl+3]([O-])([O-])[O-].[O-][Cl+3]([O-])([O-])[O-].c1ccc2c(C[NH+]3CCOCCNCCOCCOCC3)c3ccccc3cc2c1.c1ccc2c(C[NH+]3CCOCC[NH2+]CCOCCOCC3)c3ccccc3cc2c1. The molecule has 0 amide bonds. The Labute approximate surface area is 441 Å². The third-order valence-electron chi connectivity index (χ3n) is 11.5. The van der Waals surface area contributed by atoms with Crippen molar-refractivity contribution in [3.05, 3.63) is 120 Å². The second kappa shape index (κ2) is 35.0. The lowest BCUT2D eigenvalue weighted by Gasteiger charge is -2.22. The molecule has 25 heteroatoms. The molecule has 8 rings (SSSR count). The summed E-state index contributed by atoms with van der Waals surface area (Å²) in [5, 5.41) is 16.2. The first-order valence-electron chi connectivity index (χ1n) is 24.1. The third kappa shape index (κ3) is 29.1. The van der Waals surface area contributed by atoms with E-state index in [1.54, 1.807) is 0 Å². The van der Waals surface area contributed by atoms with E-state index in [0.29, 0.717) is 26.4 Å². The predicted octanol–water partition coefficient (Wildman–Crippen LogP) is -11.2. The van der Waals surface area contributed by atoms with E-state index in [0.717, 1.165) is 118 Å². The van der Waals surface area contributed by atoms with E-state index in [4.69, 9.17) is 84.3 Å². The van der Waals surface area contributed by atoms with Crippen LogP contribution in [0.1, 0.15) is 11.1 Å². The molecule has 5 N–H and O–H groups in total. The minimum atomic E-state index is -4.94. The minimum absolute atomic E-state index is 0.654. The van der Waals surface area contributed by atoms with Crippen LogP contribution in [0.2, 0.25) is 0 Å². The molecule has 0 bridgehead atoms. The molecule has 2 unspecified atom stereocenters. The Balaban J connectivity index is 0.000000256. The van der Waals surface area contributed by atoms with E-state index >= 15 is 0 Å². The molecule has 0 saturated carbocycles. The maximum atomic E-state index is 8.49. The van der Waals surface area contributed by atoms with Crippen LogP contribution in [-0.4, -0.2) is 132 Å². The summed E-state index contributed by atoms with van der Waals surface area (Å²) in [6, 6.07) is 39.5. The summed E-state index contributed by atoms with van der Waals surface area (Å²) < 4.78 is 137. The van der Waals surface area contributed by atoms with E-state index in [1.165, 1.54) is 64.0 Å². The number of quaternary nitrogens is 3. The Bertz CT molecular complexity index is 2160. The predicted molar refractivity (Wildman–Crippen MR) is 241 cm³/mol. The van der Waals surface area contributed by atoms with Crippen LogP contribution in [0.25, 0.3) is 43.1 Å². The van der Waals surface area contributed by atoms with E-state index in [9.17, 15) is 0 Å². The summed E-state index contributed by atoms with van der Waals surface area (Å²) in [6.45, 7) is 18.2. The van der Waals surface area contributed by atoms with Gasteiger partial charge in [0.05, 0.1) is 92.4 Å². The van der Waals surface area contributed by atoms with Gasteiger partial charge >= 0.3 is 0 Å². The third-order valence-corrected chi connectivity index (χ3v) is 11.5. The second-order valence-corrected chi connectivity index (χ2v) is 19.1. The van der Waals surface area contributed by atoms with Crippen LogP contribution in [-0.2, 0) is 41.5 Å². The minimum Gasteiger partial charge on any atom is -0.378 e. The van der Waals surface area contributed by atoms with Crippen molar-refractivity contribution in [1.82, 2.24) is 5.32 Å². The highest BCUT2D eigenvalue weighted by atomic mass is 35.7. The van der Waals surface area contributed by atoms with Gasteiger partial charge in [0.1, 0.15) is 39.3 Å². The zero-order valence-corrected chi connectivity index (χ0v) is 43.8. The van der Waals surface area contributed by atoms with E-state index in [-0.39, 0.29) is 0 Å². The fraction of sp³-hybridized carbons (Fsp3) is 0.440. The van der Waals surface area contributed by atoms with Crippen LogP contribution in [0.3, 0.4) is 0 Å². The summed E-state index contributed by atoms with van der Waals surface area (Å²) >= 11 is 0. The molecule has 0 spiro atoms. The van der Waals surface area contributed by atoms with Gasteiger partial charge in [0.15, 0.2) is 0 Å². The molecule has 0 aliphatic carbocycles. The van der Waals surface area contributed by atoms with Gasteiger partial charge in [-0.15, -0.1) is 30.7 Å². The molecule has 6 aromatic rings. The van der Waals surface area contributed by atoms with Crippen molar-refractivity contribution in [2.24, 2.45) is 0 Å². The molecule has 2 fully saturated rings. The summed E-state index contributed by atoms with van der Waals surface area (Å²) in [5.41, 5.74) is 2.84. The molecule has 0 aromatic heterocycles. The highest BCUT2D eigenvalue weighted by Gasteiger charge is 2.18. The Morgan fingerprint density at radius 1 is 0.360 bits per heavy atom. The van der Waals surface area contributed by atoms with Crippen LogP contribution < -0.4 is 76.3 Å². The number of nitrogens with one attached hydrogen (secondary N) is 3. The molecule has 2 saturated heterocycles. The smallest absolute Gasteiger partial charge is 0.104 e. The molecule has 22 nitrogen and oxygen atoms in total. The average Bonchev–Trinajstić information content (AvgIpc) is 3.36. The number of hydrogen-bond acceptors (Lipinski definition) is 19. The molecule has 416 valence electrons. The average molecular weight is 1120 g/mol. The molecule has 2 aliphatic heterocycles. The van der Waals surface area contributed by atoms with Crippen LogP contribution >= 0.6 is 0 Å². The molecule has 0 radical (unpaired) electrons. The van der Waals surface area contributed by atoms with E-state index in [2.05, 4.69) is 120 Å². The summed E-state index contributed by atoms with van der Waals surface area (Å²) in [5.74, 6) is 0. The van der Waals surface area contributed by atoms with Gasteiger partial charge in [0.2, 0.25) is 0 Å². The highest BCUT2D eigenvalue weighted by molar-refractivity contribution is 6.03. The van der Waals surface area contributed by atoms with E-state index < -0.39 is 30.7 Å². The van der Waals surface area contributed by atoms with Crippen molar-refractivity contribution in [1.29, 1.82) is 0 Å². The molecular formula is C50H67Cl3N4O18. The Morgan fingerprint density at radius 2 is 0.613 bits per heavy atom. The van der Waals surface area contributed by atoms with Crippen molar-refractivity contribution in [3.8, 4) is 0 Å². The molecule has 2 heterocycles. The van der Waals surface area contributed by atoms with Gasteiger partial charge in [-0.1, -0.05) is 97.1 Å². The normalized spacial score (nSPS) is 18.9. The Morgan fingerprint density at radius 3 is 0.933 bits per heavy atom. The number of ether oxygens (including phenoxy) is 6. The molecular weight excluding hydrogens is 1050 g/mol. The standard InChI is InChI=1S/2C25H32N2O3.3ClHO4/c2*1-3-7-23-21(5-1)19-22-6-2-4-8-24(22)25(23)20-27-11-15-28-13-9-26-10-14-29-17-18-30-16-12-27;3*2-1(3,4)5/h2*1-8,19,26H,9-18,20H2;3*(H,2,3,4,5). The van der Waals surface area contributed by atoms with Crippen LogP contribution in [0, 0.1) is 30.7 Å². The lowest BCUT2D eigenvalue weighted by atomic mass is 9.96. The number of rotatable bonds is 4. The van der Waals surface area contributed by atoms with Gasteiger partial charge in [-0.2, -0.15) is 0 Å². The number of halogens is 3. The number of nitrogens with two attached hydrogens (primary N) is 1. The van der Waals surface area contributed by atoms with Crippen molar-refractivity contribution >= 4 is 43.1 Å². The Hall–Kier alpha value is -3.65. The maximum absolute atomic E-state index is 8.49. The summed E-state index contributed by atoms with van der Waals surface area (Å²) in [4.78, 5) is 2.98. The van der Waals surface area contributed by atoms with Crippen LogP contribution in [0.15, 0.2) is 109 Å². The number of hydrogen-bond donors (Lipinski definition) is 4. The monoisotopic (exact) mass is 1120 g/mol. The van der Waals surface area contributed by atoms with Gasteiger partial charge in [-0.3, -0.25) is 0 Å². The topological polar surface area (TPSA) is 370 Å². The number of fused-ring (bicyclic) bond motifs is 4. The molecule has 2 atom stereocenters. The van der Waals surface area contributed by atoms with Crippen molar-refractivity contribution in [2.75, 3.05) is 132 Å². The first-order valence-corrected chi connectivity index (χ1v) is 27.8. The zero-order chi connectivity index (χ0) is 54.4. The highest BCUT2D eigenvalue weighted by Crippen LogP contribution is 2.29. The largest absolute Gasteiger partial charge is 0.378 e. The Kier molecular flexibility index (Phi) is 29.8. The first kappa shape index (κ1) is 63.9. The van der Waals surface area contributed by atoms with Gasteiger partial charge in [0, 0.05) is 24.2 Å². The molecule has 6 aromatic carbocycles. The summed E-state index contributed by atoms with van der Waals surface area (Å²) in [7, 11) is -14.8. The first-order chi connectivity index (χ1) is 35.8. The van der Waals surface area contributed by atoms with Crippen LogP contribution in [0.5, 0.6) is 0 Å².